The zero-order valence-corrected chi connectivity index (χ0v) is 17.9. The predicted octanol–water partition coefficient (Wildman–Crippen LogP) is 3.40. The van der Waals surface area contributed by atoms with Crippen LogP contribution in [-0.2, 0) is 20.0 Å². The van der Waals surface area contributed by atoms with Gasteiger partial charge < -0.3 is 0 Å². The minimum atomic E-state index is -4.17. The number of nitrogens with one attached hydrogen (secondary N) is 1. The minimum absolute atomic E-state index is 0.135. The highest BCUT2D eigenvalue weighted by atomic mass is 35.5. The zero-order chi connectivity index (χ0) is 21.4. The van der Waals surface area contributed by atoms with Gasteiger partial charge in [0.25, 0.3) is 0 Å². The number of hydrogen-bond donors (Lipinski definition) is 1. The van der Waals surface area contributed by atoms with Crippen molar-refractivity contribution < 1.29 is 25.6 Å². The lowest BCUT2D eigenvalue weighted by atomic mass is 10.3. The van der Waals surface area contributed by atoms with Crippen molar-refractivity contribution in [3.63, 3.8) is 0 Å². The van der Waals surface area contributed by atoms with Gasteiger partial charge in [0, 0.05) is 19.1 Å². The molecule has 158 valence electrons. The average Bonchev–Trinajstić information content (AvgIpc) is 3.47. The molecule has 0 aromatic heterocycles. The van der Waals surface area contributed by atoms with Gasteiger partial charge >= 0.3 is 0 Å². The first-order valence-corrected chi connectivity index (χ1v) is 12.1. The van der Waals surface area contributed by atoms with Gasteiger partial charge in [0.1, 0.15) is 21.4 Å². The summed E-state index contributed by atoms with van der Waals surface area (Å²) in [7, 11) is -8.32. The standard InChI is InChI=1S/C17H16Cl2F2N2O4S2/c18-14-5-1-11(20)9-16(14)28(24,25)22-7-8-23(13-3-4-13)29(26,27)17-10-12(21)2-6-15(17)19/h1-2,5-6,9-10,13,22H,3-4,7-8H2. The molecule has 0 heterocycles. The zero-order valence-electron chi connectivity index (χ0n) is 14.8. The van der Waals surface area contributed by atoms with Gasteiger partial charge in [-0.15, -0.1) is 0 Å². The molecule has 3 rings (SSSR count). The van der Waals surface area contributed by atoms with Gasteiger partial charge in [-0.3, -0.25) is 0 Å². The van der Waals surface area contributed by atoms with Crippen molar-refractivity contribution in [2.75, 3.05) is 13.1 Å². The highest BCUT2D eigenvalue weighted by Gasteiger charge is 2.39. The van der Waals surface area contributed by atoms with Gasteiger partial charge in [0.2, 0.25) is 20.0 Å². The molecule has 1 fully saturated rings. The summed E-state index contributed by atoms with van der Waals surface area (Å²) in [5.74, 6) is -1.54. The van der Waals surface area contributed by atoms with Crippen LogP contribution in [-0.4, -0.2) is 40.3 Å². The summed E-state index contributed by atoms with van der Waals surface area (Å²) in [6.45, 7) is -0.510. The monoisotopic (exact) mass is 484 g/mol. The molecule has 29 heavy (non-hydrogen) atoms. The number of halogens is 4. The number of nitrogens with zero attached hydrogens (tertiary/aromatic N) is 1. The fourth-order valence-corrected chi connectivity index (χ4v) is 6.42. The lowest BCUT2D eigenvalue weighted by molar-refractivity contribution is 0.405. The Morgan fingerprint density at radius 1 is 0.931 bits per heavy atom. The minimum Gasteiger partial charge on any atom is -0.210 e. The second-order valence-electron chi connectivity index (χ2n) is 6.39. The first-order valence-electron chi connectivity index (χ1n) is 8.44. The van der Waals surface area contributed by atoms with Crippen molar-refractivity contribution in [2.45, 2.75) is 28.7 Å². The molecule has 0 atom stereocenters. The Morgan fingerprint density at radius 2 is 1.45 bits per heavy atom. The van der Waals surface area contributed by atoms with Gasteiger partial charge in [-0.2, -0.15) is 4.31 Å². The largest absolute Gasteiger partial charge is 0.244 e. The van der Waals surface area contributed by atoms with E-state index in [2.05, 4.69) is 4.72 Å². The van der Waals surface area contributed by atoms with Crippen LogP contribution >= 0.6 is 23.2 Å². The summed E-state index contributed by atoms with van der Waals surface area (Å²) in [5.41, 5.74) is 0. The van der Waals surface area contributed by atoms with E-state index in [0.717, 1.165) is 40.7 Å². The Labute approximate surface area is 177 Å². The maximum atomic E-state index is 13.5. The molecular weight excluding hydrogens is 469 g/mol. The molecule has 1 N–H and O–H groups in total. The predicted molar refractivity (Wildman–Crippen MR) is 105 cm³/mol. The fourth-order valence-electron chi connectivity index (χ4n) is 2.71. The maximum Gasteiger partial charge on any atom is 0.244 e. The summed E-state index contributed by atoms with van der Waals surface area (Å²) in [4.78, 5) is -0.838. The van der Waals surface area contributed by atoms with Gasteiger partial charge in [0.15, 0.2) is 0 Å². The van der Waals surface area contributed by atoms with Crippen LogP contribution in [0.3, 0.4) is 0 Å². The van der Waals surface area contributed by atoms with E-state index < -0.39 is 36.6 Å². The maximum absolute atomic E-state index is 13.5. The molecule has 0 spiro atoms. The van der Waals surface area contributed by atoms with Gasteiger partial charge in [-0.1, -0.05) is 23.2 Å². The number of sulfonamides is 2. The Kier molecular flexibility index (Phi) is 6.52. The molecular formula is C17H16Cl2F2N2O4S2. The quantitative estimate of drug-likeness (QED) is 0.622. The van der Waals surface area contributed by atoms with Gasteiger partial charge in [-0.25, -0.2) is 30.3 Å². The molecule has 0 saturated heterocycles. The first-order chi connectivity index (χ1) is 13.5. The SMILES string of the molecule is O=S(=O)(NCCN(C1CC1)S(=O)(=O)c1cc(F)ccc1Cl)c1cc(F)ccc1Cl. The lowest BCUT2D eigenvalue weighted by Crippen LogP contribution is -2.40. The third kappa shape index (κ3) is 5.07. The highest BCUT2D eigenvalue weighted by Crippen LogP contribution is 2.34. The van der Waals surface area contributed by atoms with Crippen molar-refractivity contribution in [1.29, 1.82) is 0 Å². The van der Waals surface area contributed by atoms with Crippen LogP contribution in [0.1, 0.15) is 12.8 Å². The normalized spacial score (nSPS) is 15.1. The van der Waals surface area contributed by atoms with Crippen LogP contribution in [0.2, 0.25) is 10.0 Å². The van der Waals surface area contributed by atoms with Crippen LogP contribution in [0.4, 0.5) is 8.78 Å². The van der Waals surface area contributed by atoms with Crippen molar-refractivity contribution in [2.24, 2.45) is 0 Å². The molecule has 2 aromatic rings. The van der Waals surface area contributed by atoms with E-state index in [1.165, 1.54) is 0 Å². The number of rotatable bonds is 8. The van der Waals surface area contributed by atoms with Crippen molar-refractivity contribution in [3.05, 3.63) is 58.1 Å². The molecule has 1 aliphatic rings. The first kappa shape index (κ1) is 22.4. The van der Waals surface area contributed by atoms with E-state index in [1.54, 1.807) is 0 Å². The smallest absolute Gasteiger partial charge is 0.210 e. The van der Waals surface area contributed by atoms with Crippen molar-refractivity contribution >= 4 is 43.2 Å². The van der Waals surface area contributed by atoms with E-state index in [4.69, 9.17) is 23.2 Å². The van der Waals surface area contributed by atoms with E-state index in [1.807, 2.05) is 0 Å². The van der Waals surface area contributed by atoms with Gasteiger partial charge in [0.05, 0.1) is 10.0 Å². The summed E-state index contributed by atoms with van der Waals surface area (Å²) in [5, 5.41) is -0.304. The Balaban J connectivity index is 1.79. The Bertz CT molecular complexity index is 1140. The van der Waals surface area contributed by atoms with Crippen molar-refractivity contribution in [3.8, 4) is 0 Å². The summed E-state index contributed by atoms with van der Waals surface area (Å²) in [6, 6.07) is 5.57. The van der Waals surface area contributed by atoms with E-state index in [9.17, 15) is 25.6 Å². The van der Waals surface area contributed by atoms with E-state index >= 15 is 0 Å². The Morgan fingerprint density at radius 3 is 2.00 bits per heavy atom. The topological polar surface area (TPSA) is 83.6 Å². The summed E-state index contributed by atoms with van der Waals surface area (Å²) < 4.78 is 80.9. The molecule has 0 radical (unpaired) electrons. The summed E-state index contributed by atoms with van der Waals surface area (Å²) >= 11 is 11.8. The van der Waals surface area contributed by atoms with Crippen molar-refractivity contribution in [1.82, 2.24) is 9.03 Å². The molecule has 1 aliphatic carbocycles. The third-order valence-electron chi connectivity index (χ3n) is 4.24. The van der Waals surface area contributed by atoms with Crippen LogP contribution in [0, 0.1) is 11.6 Å². The number of hydrogen-bond acceptors (Lipinski definition) is 4. The Hall–Kier alpha value is -1.30. The molecule has 2 aromatic carbocycles. The lowest BCUT2D eigenvalue weighted by Gasteiger charge is -2.22. The van der Waals surface area contributed by atoms with Crippen LogP contribution in [0.15, 0.2) is 46.2 Å². The third-order valence-corrected chi connectivity index (χ3v) is 8.62. The fraction of sp³-hybridized carbons (Fsp3) is 0.294. The van der Waals surface area contributed by atoms with Crippen LogP contribution < -0.4 is 4.72 Å². The number of benzene rings is 2. The molecule has 12 heteroatoms. The molecule has 1 saturated carbocycles. The second-order valence-corrected chi connectivity index (χ2v) is 10.8. The molecule has 0 aliphatic heterocycles. The molecule has 0 amide bonds. The average molecular weight is 485 g/mol. The second kappa shape index (κ2) is 8.44. The van der Waals surface area contributed by atoms with E-state index in [-0.39, 0.29) is 34.1 Å². The molecule has 0 unspecified atom stereocenters. The van der Waals surface area contributed by atoms with Crippen LogP contribution in [0.25, 0.3) is 0 Å². The van der Waals surface area contributed by atoms with E-state index in [0.29, 0.717) is 12.8 Å². The van der Waals surface area contributed by atoms with Crippen LogP contribution in [0.5, 0.6) is 0 Å². The molecule has 0 bridgehead atoms. The highest BCUT2D eigenvalue weighted by molar-refractivity contribution is 7.89. The summed E-state index contributed by atoms with van der Waals surface area (Å²) in [6.07, 6.45) is 1.18. The van der Waals surface area contributed by atoms with Gasteiger partial charge in [-0.05, 0) is 49.2 Å². The molecule has 6 nitrogen and oxygen atoms in total.